The number of alkyl halides is 3. The highest BCUT2D eigenvalue weighted by atomic mass is 19.4. The maximum atomic E-state index is 15.7. The molecule has 7 nitrogen and oxygen atoms in total. The molecule has 0 aliphatic heterocycles. The van der Waals surface area contributed by atoms with Crippen LogP contribution in [-0.2, 0) is 11.2 Å². The Bertz CT molecular complexity index is 1670. The SMILES string of the molecule is COc1cc(C(=O)NCC(O)(c2nc(-c3ccc(F)cc3)c(F)c(C(C)(C)O)c2F)C(F)(F)F)cc2cc(C)cnc12. The maximum absolute atomic E-state index is 15.7. The fraction of sp³-hybridized carbons (Fsp3) is 0.276. The van der Waals surface area contributed by atoms with E-state index in [2.05, 4.69) is 9.97 Å². The topological polar surface area (TPSA) is 105 Å². The van der Waals surface area contributed by atoms with Gasteiger partial charge in [-0.3, -0.25) is 9.78 Å². The summed E-state index contributed by atoms with van der Waals surface area (Å²) in [5.41, 5.74) is -9.71. The van der Waals surface area contributed by atoms with E-state index >= 15 is 8.78 Å². The van der Waals surface area contributed by atoms with Crippen molar-refractivity contribution in [3.05, 3.63) is 88.5 Å². The van der Waals surface area contributed by atoms with Gasteiger partial charge < -0.3 is 20.3 Å². The Morgan fingerprint density at radius 2 is 1.64 bits per heavy atom. The number of pyridine rings is 2. The number of rotatable bonds is 7. The molecule has 1 atom stereocenters. The van der Waals surface area contributed by atoms with Gasteiger partial charge in [-0.1, -0.05) is 0 Å². The number of amides is 1. The predicted molar refractivity (Wildman–Crippen MR) is 140 cm³/mol. The average Bonchev–Trinajstić information content (AvgIpc) is 2.90. The number of carbonyl (C=O) groups is 1. The van der Waals surface area contributed by atoms with Crippen molar-refractivity contribution in [2.45, 2.75) is 38.1 Å². The van der Waals surface area contributed by atoms with Gasteiger partial charge in [-0.25, -0.2) is 18.2 Å². The number of aromatic nitrogens is 2. The number of hydrogen-bond donors (Lipinski definition) is 3. The second-order valence-corrected chi connectivity index (χ2v) is 10.2. The van der Waals surface area contributed by atoms with Gasteiger partial charge in [0.1, 0.15) is 28.5 Å². The van der Waals surface area contributed by atoms with Crippen LogP contribution < -0.4 is 10.1 Å². The van der Waals surface area contributed by atoms with Crippen LogP contribution in [0.25, 0.3) is 22.2 Å². The van der Waals surface area contributed by atoms with Crippen molar-refractivity contribution >= 4 is 16.8 Å². The summed E-state index contributed by atoms with van der Waals surface area (Å²) < 4.78 is 93.2. The summed E-state index contributed by atoms with van der Waals surface area (Å²) in [7, 11) is 1.31. The molecule has 2 aromatic heterocycles. The average molecular weight is 594 g/mol. The summed E-state index contributed by atoms with van der Waals surface area (Å²) in [6.07, 6.45) is -4.11. The van der Waals surface area contributed by atoms with Crippen molar-refractivity contribution in [3.8, 4) is 17.0 Å². The lowest BCUT2D eigenvalue weighted by atomic mass is 9.89. The number of benzene rings is 2. The number of aliphatic hydroxyl groups is 2. The van der Waals surface area contributed by atoms with E-state index in [9.17, 15) is 32.6 Å². The van der Waals surface area contributed by atoms with Crippen molar-refractivity contribution in [1.82, 2.24) is 15.3 Å². The Labute approximate surface area is 235 Å². The van der Waals surface area contributed by atoms with Crippen molar-refractivity contribution in [1.29, 1.82) is 0 Å². The number of hydrogen-bond acceptors (Lipinski definition) is 6. The van der Waals surface area contributed by atoms with Crippen LogP contribution in [0.5, 0.6) is 5.75 Å². The van der Waals surface area contributed by atoms with Crippen LogP contribution in [0.2, 0.25) is 0 Å². The molecule has 0 aliphatic carbocycles. The number of nitrogens with one attached hydrogen (secondary N) is 1. The van der Waals surface area contributed by atoms with Crippen molar-refractivity contribution < 1.29 is 46.1 Å². The van der Waals surface area contributed by atoms with E-state index in [0.717, 1.165) is 43.7 Å². The smallest absolute Gasteiger partial charge is 0.424 e. The number of carbonyl (C=O) groups excluding carboxylic acids is 1. The highest BCUT2D eigenvalue weighted by molar-refractivity contribution is 6.00. The van der Waals surface area contributed by atoms with E-state index < -0.39 is 64.2 Å². The van der Waals surface area contributed by atoms with E-state index in [1.54, 1.807) is 19.2 Å². The summed E-state index contributed by atoms with van der Waals surface area (Å²) in [5, 5.41) is 23.8. The Morgan fingerprint density at radius 3 is 2.21 bits per heavy atom. The van der Waals surface area contributed by atoms with Crippen LogP contribution in [-0.4, -0.2) is 45.9 Å². The van der Waals surface area contributed by atoms with E-state index in [1.807, 2.05) is 5.32 Å². The fourth-order valence-electron chi connectivity index (χ4n) is 4.39. The summed E-state index contributed by atoms with van der Waals surface area (Å²) in [4.78, 5) is 20.7. The van der Waals surface area contributed by atoms with Crippen molar-refractivity contribution in [3.63, 3.8) is 0 Å². The number of methoxy groups -OCH3 is 1. The first kappa shape index (κ1) is 30.7. The van der Waals surface area contributed by atoms with Crippen LogP contribution in [0.1, 0.15) is 41.0 Å². The van der Waals surface area contributed by atoms with E-state index in [4.69, 9.17) is 4.74 Å². The molecule has 3 N–H and O–H groups in total. The standard InChI is InChI=1S/C29H25F6N3O4/c1-14-9-16-10-17(11-19(42-4)23(16)36-12-14)26(39)37-13-28(41,29(33,34)35)25-22(32)20(27(2,3)40)21(31)24(38-25)15-5-7-18(30)8-6-15/h5-12,40-41H,13H2,1-4H3,(H,37,39). The van der Waals surface area contributed by atoms with E-state index in [1.165, 1.54) is 19.2 Å². The number of aryl methyl sites for hydroxylation is 1. The molecule has 2 heterocycles. The second kappa shape index (κ2) is 10.9. The molecule has 1 amide bonds. The molecular formula is C29H25F6N3O4. The Kier molecular flexibility index (Phi) is 7.96. The molecule has 0 spiro atoms. The highest BCUT2D eigenvalue weighted by Gasteiger charge is 2.58. The number of halogens is 6. The molecule has 0 bridgehead atoms. The molecule has 0 saturated heterocycles. The number of nitrogens with zero attached hydrogens (tertiary/aromatic N) is 2. The predicted octanol–water partition coefficient (Wildman–Crippen LogP) is 5.44. The molecular weight excluding hydrogens is 568 g/mol. The van der Waals surface area contributed by atoms with Gasteiger partial charge in [0.2, 0.25) is 5.60 Å². The zero-order valence-corrected chi connectivity index (χ0v) is 22.7. The second-order valence-electron chi connectivity index (χ2n) is 10.2. The molecule has 0 radical (unpaired) electrons. The molecule has 4 aromatic rings. The molecule has 13 heteroatoms. The molecule has 0 saturated carbocycles. The largest absolute Gasteiger partial charge is 0.494 e. The van der Waals surface area contributed by atoms with Crippen LogP contribution >= 0.6 is 0 Å². The first-order valence-corrected chi connectivity index (χ1v) is 12.4. The summed E-state index contributed by atoms with van der Waals surface area (Å²) in [5.74, 6) is -5.20. The molecule has 1 unspecified atom stereocenters. The lowest BCUT2D eigenvalue weighted by molar-refractivity contribution is -0.266. The third-order valence-electron chi connectivity index (χ3n) is 6.54. The zero-order valence-electron chi connectivity index (χ0n) is 22.7. The normalized spacial score (nSPS) is 13.6. The Morgan fingerprint density at radius 1 is 1.00 bits per heavy atom. The van der Waals surface area contributed by atoms with Gasteiger partial charge in [-0.05, 0) is 68.8 Å². The minimum absolute atomic E-state index is 0.147. The van der Waals surface area contributed by atoms with Gasteiger partial charge in [0.05, 0.1) is 24.8 Å². The van der Waals surface area contributed by atoms with Gasteiger partial charge in [0.25, 0.3) is 5.91 Å². The van der Waals surface area contributed by atoms with Gasteiger partial charge >= 0.3 is 6.18 Å². The van der Waals surface area contributed by atoms with E-state index in [0.29, 0.717) is 10.9 Å². The van der Waals surface area contributed by atoms with Gasteiger partial charge in [-0.15, -0.1) is 0 Å². The molecule has 0 fully saturated rings. The van der Waals surface area contributed by atoms with Crippen molar-refractivity contribution in [2.75, 3.05) is 13.7 Å². The first-order valence-electron chi connectivity index (χ1n) is 12.4. The third-order valence-corrected chi connectivity index (χ3v) is 6.54. The fourth-order valence-corrected chi connectivity index (χ4v) is 4.39. The Balaban J connectivity index is 1.83. The quantitative estimate of drug-likeness (QED) is 0.247. The van der Waals surface area contributed by atoms with Crippen LogP contribution in [0, 0.1) is 24.4 Å². The summed E-state index contributed by atoms with van der Waals surface area (Å²) in [6, 6.07) is 7.94. The summed E-state index contributed by atoms with van der Waals surface area (Å²) in [6.45, 7) is 1.93. The zero-order chi connectivity index (χ0) is 31.2. The molecule has 42 heavy (non-hydrogen) atoms. The minimum Gasteiger partial charge on any atom is -0.494 e. The lowest BCUT2D eigenvalue weighted by Gasteiger charge is -2.32. The molecule has 0 aliphatic rings. The lowest BCUT2D eigenvalue weighted by Crippen LogP contribution is -2.52. The molecule has 4 rings (SSSR count). The highest BCUT2D eigenvalue weighted by Crippen LogP contribution is 2.43. The van der Waals surface area contributed by atoms with Gasteiger partial charge in [0.15, 0.2) is 11.6 Å². The maximum Gasteiger partial charge on any atom is 0.424 e. The molecule has 222 valence electrons. The van der Waals surface area contributed by atoms with Gasteiger partial charge in [-0.2, -0.15) is 13.2 Å². The van der Waals surface area contributed by atoms with Crippen molar-refractivity contribution in [2.24, 2.45) is 0 Å². The number of fused-ring (bicyclic) bond motifs is 1. The minimum atomic E-state index is -5.66. The van der Waals surface area contributed by atoms with E-state index in [-0.39, 0.29) is 16.9 Å². The van der Waals surface area contributed by atoms with Crippen LogP contribution in [0.4, 0.5) is 26.3 Å². The van der Waals surface area contributed by atoms with Crippen LogP contribution in [0.15, 0.2) is 48.7 Å². The van der Waals surface area contributed by atoms with Gasteiger partial charge in [0, 0.05) is 22.7 Å². The van der Waals surface area contributed by atoms with Crippen LogP contribution in [0.3, 0.4) is 0 Å². The first-order chi connectivity index (χ1) is 19.5. The summed E-state index contributed by atoms with van der Waals surface area (Å²) >= 11 is 0. The molecule has 2 aromatic carbocycles. The monoisotopic (exact) mass is 593 g/mol. The Hall–Kier alpha value is -4.23. The number of ether oxygens (including phenoxy) is 1. The third kappa shape index (κ3) is 5.61.